The molecular formula is C21H31N5O2. The third kappa shape index (κ3) is 4.70. The lowest BCUT2D eigenvalue weighted by atomic mass is 9.98. The van der Waals surface area contributed by atoms with Gasteiger partial charge in [0.1, 0.15) is 5.75 Å². The Hall–Kier alpha value is -2.41. The predicted octanol–water partition coefficient (Wildman–Crippen LogP) is 3.12. The topological polar surface area (TPSA) is 81.1 Å². The zero-order valence-electron chi connectivity index (χ0n) is 17.5. The van der Waals surface area contributed by atoms with E-state index in [2.05, 4.69) is 40.6 Å². The van der Waals surface area contributed by atoms with E-state index >= 15 is 0 Å². The lowest BCUT2D eigenvalue weighted by molar-refractivity contribution is -0.122. The minimum Gasteiger partial charge on any atom is -0.481 e. The molecule has 1 amide bonds. The van der Waals surface area contributed by atoms with E-state index in [0.717, 1.165) is 43.1 Å². The highest BCUT2D eigenvalue weighted by molar-refractivity contribution is 5.92. The Morgan fingerprint density at radius 3 is 2.68 bits per heavy atom. The maximum Gasteiger partial charge on any atom is 0.267 e. The Morgan fingerprint density at radius 1 is 1.29 bits per heavy atom. The molecule has 1 atom stereocenters. The van der Waals surface area contributed by atoms with E-state index in [0.29, 0.717) is 17.8 Å². The molecule has 2 N–H and O–H groups in total. The molecule has 28 heavy (non-hydrogen) atoms. The normalized spacial score (nSPS) is 16.2. The molecule has 2 aromatic rings. The van der Waals surface area contributed by atoms with E-state index in [1.807, 2.05) is 19.1 Å². The van der Waals surface area contributed by atoms with Gasteiger partial charge in [-0.2, -0.15) is 10.1 Å². The number of rotatable bonds is 6. The number of nitrogens with zero attached hydrogens (tertiary/aromatic N) is 3. The van der Waals surface area contributed by atoms with Gasteiger partial charge in [0, 0.05) is 13.0 Å². The minimum absolute atomic E-state index is 0.235. The number of hydrogen-bond acceptors (Lipinski definition) is 5. The summed E-state index contributed by atoms with van der Waals surface area (Å²) >= 11 is 0. The van der Waals surface area contributed by atoms with Crippen molar-refractivity contribution in [3.63, 3.8) is 0 Å². The Balaban J connectivity index is 1.66. The summed E-state index contributed by atoms with van der Waals surface area (Å²) in [6, 6.07) is 6.14. The van der Waals surface area contributed by atoms with E-state index in [1.54, 1.807) is 18.7 Å². The number of carbonyl (C=O) groups excluding carboxylic acids is 1. The first-order valence-electron chi connectivity index (χ1n) is 10.0. The zero-order valence-corrected chi connectivity index (χ0v) is 17.5. The van der Waals surface area contributed by atoms with Gasteiger partial charge in [0.25, 0.3) is 5.91 Å². The summed E-state index contributed by atoms with van der Waals surface area (Å²) < 4.78 is 7.59. The maximum atomic E-state index is 12.7. The summed E-state index contributed by atoms with van der Waals surface area (Å²) in [4.78, 5) is 17.2. The molecule has 2 heterocycles. The molecule has 0 aliphatic carbocycles. The molecule has 152 valence electrons. The molecule has 7 nitrogen and oxygen atoms in total. The van der Waals surface area contributed by atoms with E-state index in [1.165, 1.54) is 5.56 Å². The van der Waals surface area contributed by atoms with Crippen LogP contribution in [0.5, 0.6) is 5.75 Å². The third-order valence-electron chi connectivity index (χ3n) is 5.27. The molecule has 0 radical (unpaired) electrons. The van der Waals surface area contributed by atoms with E-state index in [4.69, 9.17) is 4.74 Å². The van der Waals surface area contributed by atoms with Crippen molar-refractivity contribution < 1.29 is 9.53 Å². The van der Waals surface area contributed by atoms with Gasteiger partial charge in [0.05, 0.1) is 0 Å². The summed E-state index contributed by atoms with van der Waals surface area (Å²) in [7, 11) is 1.80. The van der Waals surface area contributed by atoms with Crippen molar-refractivity contribution in [3.8, 4) is 5.75 Å². The fourth-order valence-corrected chi connectivity index (χ4v) is 3.32. The van der Waals surface area contributed by atoms with Gasteiger partial charge in [-0.05, 0) is 62.9 Å². The second-order valence-electron chi connectivity index (χ2n) is 7.87. The number of amides is 1. The van der Waals surface area contributed by atoms with E-state index in [9.17, 15) is 4.79 Å². The fraction of sp³-hybridized carbons (Fsp3) is 0.571. The number of aryl methyl sites for hydroxylation is 2. The van der Waals surface area contributed by atoms with Crippen molar-refractivity contribution in [2.75, 3.05) is 18.4 Å². The minimum atomic E-state index is -0.639. The van der Waals surface area contributed by atoms with Crippen molar-refractivity contribution in [1.29, 1.82) is 0 Å². The number of carbonyl (C=O) groups is 1. The summed E-state index contributed by atoms with van der Waals surface area (Å²) in [5.41, 5.74) is 2.20. The van der Waals surface area contributed by atoms with Crippen LogP contribution < -0.4 is 15.4 Å². The standard InChI is InChI=1S/C21H31N5O2/c1-13(2)17-7-6-14(3)18(12-17)28-15(4)20(27)24-21-23-19(25-26(21)5)16-8-10-22-11-9-16/h6-7,12-13,15-16,22H,8-11H2,1-5H3,(H,23,24,25,27). The molecular weight excluding hydrogens is 354 g/mol. The molecule has 1 aromatic heterocycles. The predicted molar refractivity (Wildman–Crippen MR) is 110 cm³/mol. The number of hydrogen-bond donors (Lipinski definition) is 2. The van der Waals surface area contributed by atoms with Crippen LogP contribution in [0.4, 0.5) is 5.95 Å². The van der Waals surface area contributed by atoms with Crippen LogP contribution in [0, 0.1) is 6.92 Å². The van der Waals surface area contributed by atoms with Gasteiger partial charge in [0.2, 0.25) is 5.95 Å². The quantitative estimate of drug-likeness (QED) is 0.798. The lowest BCUT2D eigenvalue weighted by Gasteiger charge is -2.19. The Morgan fingerprint density at radius 2 is 2.00 bits per heavy atom. The number of aromatic nitrogens is 3. The van der Waals surface area contributed by atoms with Gasteiger partial charge in [-0.3, -0.25) is 10.1 Å². The van der Waals surface area contributed by atoms with Gasteiger partial charge in [-0.15, -0.1) is 0 Å². The fourth-order valence-electron chi connectivity index (χ4n) is 3.32. The molecule has 0 spiro atoms. The molecule has 1 fully saturated rings. The van der Waals surface area contributed by atoms with Gasteiger partial charge in [-0.1, -0.05) is 26.0 Å². The first kappa shape index (κ1) is 20.3. The van der Waals surface area contributed by atoms with Gasteiger partial charge < -0.3 is 10.1 Å². The number of ether oxygens (including phenoxy) is 1. The van der Waals surface area contributed by atoms with Crippen molar-refractivity contribution in [3.05, 3.63) is 35.2 Å². The van der Waals surface area contributed by atoms with E-state index in [-0.39, 0.29) is 5.91 Å². The van der Waals surface area contributed by atoms with Crippen LogP contribution in [0.3, 0.4) is 0 Å². The lowest BCUT2D eigenvalue weighted by Crippen LogP contribution is -2.31. The average Bonchev–Trinajstić information content (AvgIpc) is 3.04. The summed E-state index contributed by atoms with van der Waals surface area (Å²) in [5.74, 6) is 2.51. The molecule has 1 aliphatic rings. The van der Waals surface area contributed by atoms with Crippen LogP contribution >= 0.6 is 0 Å². The molecule has 1 unspecified atom stereocenters. The zero-order chi connectivity index (χ0) is 20.3. The van der Waals surface area contributed by atoms with Crippen LogP contribution in [0.1, 0.15) is 62.4 Å². The Labute approximate surface area is 166 Å². The largest absolute Gasteiger partial charge is 0.481 e. The highest BCUT2D eigenvalue weighted by Crippen LogP contribution is 2.26. The van der Waals surface area contributed by atoms with E-state index < -0.39 is 6.10 Å². The monoisotopic (exact) mass is 385 g/mol. The van der Waals surface area contributed by atoms with Crippen LogP contribution in [-0.2, 0) is 11.8 Å². The molecule has 1 aromatic carbocycles. The van der Waals surface area contributed by atoms with Crippen molar-refractivity contribution in [2.45, 2.75) is 58.5 Å². The second kappa shape index (κ2) is 8.73. The smallest absolute Gasteiger partial charge is 0.267 e. The molecule has 0 bridgehead atoms. The number of piperidine rings is 1. The first-order chi connectivity index (χ1) is 13.3. The highest BCUT2D eigenvalue weighted by Gasteiger charge is 2.23. The number of anilines is 1. The van der Waals surface area contributed by atoms with Gasteiger partial charge >= 0.3 is 0 Å². The SMILES string of the molecule is Cc1ccc(C(C)C)cc1OC(C)C(=O)Nc1nc(C2CCNCC2)nn1C. The maximum absolute atomic E-state index is 12.7. The number of nitrogens with one attached hydrogen (secondary N) is 2. The molecule has 0 saturated carbocycles. The van der Waals surface area contributed by atoms with Crippen LogP contribution in [0.2, 0.25) is 0 Å². The van der Waals surface area contributed by atoms with Crippen LogP contribution in [0.15, 0.2) is 18.2 Å². The summed E-state index contributed by atoms with van der Waals surface area (Å²) in [6.45, 7) is 9.96. The number of benzene rings is 1. The van der Waals surface area contributed by atoms with Crippen LogP contribution in [-0.4, -0.2) is 39.9 Å². The molecule has 1 aliphatic heterocycles. The van der Waals surface area contributed by atoms with Crippen molar-refractivity contribution >= 4 is 11.9 Å². The second-order valence-corrected chi connectivity index (χ2v) is 7.87. The summed E-state index contributed by atoms with van der Waals surface area (Å²) in [6.07, 6.45) is 1.39. The first-order valence-corrected chi connectivity index (χ1v) is 10.0. The third-order valence-corrected chi connectivity index (χ3v) is 5.27. The van der Waals surface area contributed by atoms with Crippen LogP contribution in [0.25, 0.3) is 0 Å². The average molecular weight is 386 g/mol. The molecule has 7 heteroatoms. The Bertz CT molecular complexity index is 824. The van der Waals surface area contributed by atoms with Gasteiger partial charge in [-0.25, -0.2) is 4.68 Å². The molecule has 3 rings (SSSR count). The van der Waals surface area contributed by atoms with Crippen molar-refractivity contribution in [1.82, 2.24) is 20.1 Å². The Kier molecular flexibility index (Phi) is 6.34. The van der Waals surface area contributed by atoms with Gasteiger partial charge in [0.15, 0.2) is 11.9 Å². The summed E-state index contributed by atoms with van der Waals surface area (Å²) in [5, 5.41) is 10.7. The highest BCUT2D eigenvalue weighted by atomic mass is 16.5. The van der Waals surface area contributed by atoms with Crippen molar-refractivity contribution in [2.24, 2.45) is 7.05 Å². The molecule has 1 saturated heterocycles.